The van der Waals surface area contributed by atoms with Crippen molar-refractivity contribution in [2.45, 2.75) is 11.4 Å². The fourth-order valence-corrected chi connectivity index (χ4v) is 3.74. The zero-order chi connectivity index (χ0) is 20.2. The summed E-state index contributed by atoms with van der Waals surface area (Å²) in [4.78, 5) is 30.0. The number of fused-ring (bicyclic) bond motifs is 1. The van der Waals surface area contributed by atoms with Crippen LogP contribution in [0.5, 0.6) is 0 Å². The van der Waals surface area contributed by atoms with Crippen LogP contribution in [-0.4, -0.2) is 16.8 Å². The third kappa shape index (κ3) is 4.35. The molecule has 0 aliphatic carbocycles. The van der Waals surface area contributed by atoms with Crippen molar-refractivity contribution < 1.29 is 14.0 Å². The summed E-state index contributed by atoms with van der Waals surface area (Å²) in [5, 5.41) is 5.61. The molecule has 1 aliphatic rings. The fraction of sp³-hybridized carbons (Fsp3) is 0.0455. The number of aromatic nitrogens is 1. The van der Waals surface area contributed by atoms with E-state index in [9.17, 15) is 14.0 Å². The molecule has 4 rings (SSSR count). The van der Waals surface area contributed by atoms with Crippen LogP contribution >= 0.6 is 11.8 Å². The third-order valence-electron chi connectivity index (χ3n) is 4.30. The van der Waals surface area contributed by atoms with Gasteiger partial charge in [0, 0.05) is 35.0 Å². The smallest absolute Gasteiger partial charge is 0.262 e. The number of thioether (sulfide) groups is 1. The summed E-state index contributed by atoms with van der Waals surface area (Å²) >= 11 is 1.24. The molecule has 0 radical (unpaired) electrons. The van der Waals surface area contributed by atoms with Crippen LogP contribution in [0.15, 0.2) is 76.8 Å². The van der Waals surface area contributed by atoms with Gasteiger partial charge >= 0.3 is 0 Å². The van der Waals surface area contributed by atoms with E-state index in [0.29, 0.717) is 28.3 Å². The maximum absolute atomic E-state index is 13.9. The Morgan fingerprint density at radius 1 is 1.17 bits per heavy atom. The Kier molecular flexibility index (Phi) is 5.39. The normalized spacial score (nSPS) is 14.2. The number of nitrogens with zero attached hydrogens (tertiary/aromatic N) is 1. The fourth-order valence-electron chi connectivity index (χ4n) is 2.82. The lowest BCUT2D eigenvalue weighted by molar-refractivity contribution is -0.112. The molecule has 0 bridgehead atoms. The molecular weight excluding hydrogens is 389 g/mol. The average Bonchev–Trinajstić information content (AvgIpc) is 2.74. The van der Waals surface area contributed by atoms with Crippen molar-refractivity contribution in [1.29, 1.82) is 0 Å². The highest BCUT2D eigenvalue weighted by Crippen LogP contribution is 2.39. The Balaban J connectivity index is 1.50. The van der Waals surface area contributed by atoms with E-state index in [1.165, 1.54) is 23.9 Å². The second-order valence-electron chi connectivity index (χ2n) is 6.34. The second-order valence-corrected chi connectivity index (χ2v) is 7.42. The van der Waals surface area contributed by atoms with E-state index in [2.05, 4.69) is 15.6 Å². The van der Waals surface area contributed by atoms with Crippen LogP contribution in [0.4, 0.5) is 10.1 Å². The Morgan fingerprint density at radius 2 is 2.03 bits per heavy atom. The van der Waals surface area contributed by atoms with Gasteiger partial charge in [-0.05, 0) is 42.0 Å². The molecule has 2 amide bonds. The first-order valence-electron chi connectivity index (χ1n) is 8.87. The molecule has 2 heterocycles. The van der Waals surface area contributed by atoms with E-state index in [0.717, 1.165) is 10.5 Å². The molecule has 0 atom stereocenters. The lowest BCUT2D eigenvalue weighted by Gasteiger charge is -2.19. The molecule has 3 aromatic rings. The van der Waals surface area contributed by atoms with Gasteiger partial charge in [-0.15, -0.1) is 0 Å². The van der Waals surface area contributed by atoms with Gasteiger partial charge in [0.15, 0.2) is 0 Å². The average molecular weight is 405 g/mol. The number of nitrogens with one attached hydrogen (secondary N) is 2. The third-order valence-corrected chi connectivity index (χ3v) is 5.40. The van der Waals surface area contributed by atoms with Gasteiger partial charge in [0.2, 0.25) is 0 Å². The van der Waals surface area contributed by atoms with Gasteiger partial charge in [-0.3, -0.25) is 14.6 Å². The maximum atomic E-state index is 13.9. The van der Waals surface area contributed by atoms with Crippen molar-refractivity contribution in [3.63, 3.8) is 0 Å². The zero-order valence-corrected chi connectivity index (χ0v) is 16.0. The van der Waals surface area contributed by atoms with Crippen molar-refractivity contribution in [3.05, 3.63) is 94.4 Å². The van der Waals surface area contributed by atoms with Crippen LogP contribution in [0.3, 0.4) is 0 Å². The first-order chi connectivity index (χ1) is 14.1. The molecule has 144 valence electrons. The van der Waals surface area contributed by atoms with Gasteiger partial charge in [-0.1, -0.05) is 36.0 Å². The molecule has 2 N–H and O–H groups in total. The minimum absolute atomic E-state index is 0.247. The van der Waals surface area contributed by atoms with E-state index >= 15 is 0 Å². The number of amides is 2. The summed E-state index contributed by atoms with van der Waals surface area (Å²) in [6.45, 7) is 0.362. The molecule has 7 heteroatoms. The van der Waals surface area contributed by atoms with Crippen molar-refractivity contribution in [2.24, 2.45) is 0 Å². The van der Waals surface area contributed by atoms with Crippen molar-refractivity contribution in [1.82, 2.24) is 10.3 Å². The predicted molar refractivity (Wildman–Crippen MR) is 111 cm³/mol. The lowest BCUT2D eigenvalue weighted by atomic mass is 10.1. The van der Waals surface area contributed by atoms with Gasteiger partial charge < -0.3 is 10.6 Å². The topological polar surface area (TPSA) is 71.1 Å². The van der Waals surface area contributed by atoms with Crippen LogP contribution in [-0.2, 0) is 11.3 Å². The van der Waals surface area contributed by atoms with Crippen LogP contribution in [0.25, 0.3) is 6.08 Å². The number of halogens is 1. The Labute approximate surface area is 171 Å². The van der Waals surface area contributed by atoms with E-state index in [1.54, 1.807) is 54.9 Å². The van der Waals surface area contributed by atoms with Crippen molar-refractivity contribution in [2.75, 3.05) is 5.32 Å². The summed E-state index contributed by atoms with van der Waals surface area (Å²) in [6.07, 6.45) is 4.88. The molecule has 1 aromatic heterocycles. The first kappa shape index (κ1) is 18.9. The number of pyridine rings is 1. The zero-order valence-electron chi connectivity index (χ0n) is 15.2. The van der Waals surface area contributed by atoms with Gasteiger partial charge in [0.1, 0.15) is 5.82 Å². The van der Waals surface area contributed by atoms with E-state index in [4.69, 9.17) is 0 Å². The second kappa shape index (κ2) is 8.28. The number of carbonyl (C=O) groups excluding carboxylic acids is 2. The molecule has 0 spiro atoms. The molecule has 5 nitrogen and oxygen atoms in total. The van der Waals surface area contributed by atoms with Crippen LogP contribution in [0, 0.1) is 5.82 Å². The van der Waals surface area contributed by atoms with Gasteiger partial charge in [0.25, 0.3) is 11.8 Å². The molecule has 1 aliphatic heterocycles. The highest BCUT2D eigenvalue weighted by atomic mass is 32.2. The Hall–Kier alpha value is -3.45. The van der Waals surface area contributed by atoms with Crippen LogP contribution < -0.4 is 10.6 Å². The van der Waals surface area contributed by atoms with Gasteiger partial charge in [0.05, 0.1) is 10.6 Å². The summed E-state index contributed by atoms with van der Waals surface area (Å²) in [5.41, 5.74) is 2.24. The van der Waals surface area contributed by atoms with E-state index in [-0.39, 0.29) is 17.6 Å². The number of carbonyl (C=O) groups is 2. The van der Waals surface area contributed by atoms with Gasteiger partial charge in [-0.2, -0.15) is 0 Å². The van der Waals surface area contributed by atoms with Gasteiger partial charge in [-0.25, -0.2) is 4.39 Å². The number of anilines is 1. The highest BCUT2D eigenvalue weighted by Gasteiger charge is 2.22. The summed E-state index contributed by atoms with van der Waals surface area (Å²) in [5.74, 6) is -0.970. The molecule has 2 aromatic carbocycles. The van der Waals surface area contributed by atoms with Crippen LogP contribution in [0.1, 0.15) is 21.5 Å². The van der Waals surface area contributed by atoms with E-state index in [1.807, 2.05) is 6.07 Å². The summed E-state index contributed by atoms with van der Waals surface area (Å²) < 4.78 is 13.9. The van der Waals surface area contributed by atoms with E-state index < -0.39 is 0 Å². The molecule has 29 heavy (non-hydrogen) atoms. The number of benzene rings is 2. The Bertz CT molecular complexity index is 1120. The molecule has 0 unspecified atom stereocenters. The number of hydrogen-bond acceptors (Lipinski definition) is 4. The number of rotatable bonds is 4. The SMILES string of the molecule is O=C1Nc2cc(C(=O)NCc3cccnc3)ccc2S/C1=C/c1ccccc1F. The standard InChI is InChI=1S/C22H16FN3O2S/c23-17-6-2-1-5-15(17)11-20-22(28)26-18-10-16(7-8-19(18)29-20)21(27)25-13-14-4-3-9-24-12-14/h1-12H,13H2,(H,25,27)(H,26,28)/b20-11+. The van der Waals surface area contributed by atoms with Crippen LogP contribution in [0.2, 0.25) is 0 Å². The Morgan fingerprint density at radius 3 is 2.83 bits per heavy atom. The van der Waals surface area contributed by atoms with Crippen molar-refractivity contribution >= 4 is 35.3 Å². The molecule has 0 fully saturated rings. The first-order valence-corrected chi connectivity index (χ1v) is 9.68. The quantitative estimate of drug-likeness (QED) is 0.637. The lowest BCUT2D eigenvalue weighted by Crippen LogP contribution is -2.24. The largest absolute Gasteiger partial charge is 0.348 e. The number of hydrogen-bond donors (Lipinski definition) is 2. The minimum atomic E-state index is -0.389. The highest BCUT2D eigenvalue weighted by molar-refractivity contribution is 8.04. The maximum Gasteiger partial charge on any atom is 0.262 e. The molecular formula is C22H16FN3O2S. The molecule has 0 saturated heterocycles. The molecule has 0 saturated carbocycles. The van der Waals surface area contributed by atoms with Crippen molar-refractivity contribution in [3.8, 4) is 0 Å². The minimum Gasteiger partial charge on any atom is -0.348 e. The predicted octanol–water partition coefficient (Wildman–Crippen LogP) is 4.24. The monoisotopic (exact) mass is 405 g/mol. The summed E-state index contributed by atoms with van der Waals surface area (Å²) in [6, 6.07) is 15.1. The summed E-state index contributed by atoms with van der Waals surface area (Å²) in [7, 11) is 0.